The van der Waals surface area contributed by atoms with Crippen molar-refractivity contribution in [2.75, 3.05) is 0 Å². The van der Waals surface area contributed by atoms with E-state index in [1.54, 1.807) is 18.2 Å². The molecule has 2 rings (SSSR count). The third kappa shape index (κ3) is 3.16. The molecule has 0 aliphatic heterocycles. The van der Waals surface area contributed by atoms with Crippen LogP contribution in [-0.2, 0) is 0 Å². The van der Waals surface area contributed by atoms with Crippen LogP contribution in [0, 0.1) is 0 Å². The summed E-state index contributed by atoms with van der Waals surface area (Å²) in [5.74, 6) is -1.49. The van der Waals surface area contributed by atoms with E-state index in [-0.39, 0.29) is 5.92 Å². The van der Waals surface area contributed by atoms with Gasteiger partial charge in [0.15, 0.2) is 0 Å². The molecule has 1 heterocycles. The zero-order valence-corrected chi connectivity index (χ0v) is 13.6. The fourth-order valence-electron chi connectivity index (χ4n) is 1.85. The van der Waals surface area contributed by atoms with E-state index in [0.29, 0.717) is 16.3 Å². The van der Waals surface area contributed by atoms with E-state index >= 15 is 0 Å². The monoisotopic (exact) mass is 370 g/mol. The lowest BCUT2D eigenvalue weighted by Gasteiger charge is -2.12. The topological polar surface area (TPSA) is 72.2 Å². The highest BCUT2D eigenvalue weighted by Crippen LogP contribution is 2.24. The van der Waals surface area contributed by atoms with Crippen LogP contribution < -0.4 is 5.43 Å². The quantitative estimate of drug-likeness (QED) is 0.896. The van der Waals surface area contributed by atoms with Gasteiger partial charge in [-0.25, -0.2) is 9.48 Å². The van der Waals surface area contributed by atoms with E-state index in [2.05, 4.69) is 21.0 Å². The minimum absolute atomic E-state index is 0.129. The minimum atomic E-state index is -1.36. The van der Waals surface area contributed by atoms with Crippen molar-refractivity contribution in [3.05, 3.63) is 55.4 Å². The summed E-state index contributed by atoms with van der Waals surface area (Å²) in [6, 6.07) is 5.13. The molecule has 2 aromatic rings. The molecule has 0 saturated carbocycles. The molecule has 7 heteroatoms. The van der Waals surface area contributed by atoms with Gasteiger partial charge in [-0.15, -0.1) is 0 Å². The maximum absolute atomic E-state index is 12.1. The number of hydrogen-bond acceptors (Lipinski definition) is 3. The predicted octanol–water partition coefficient (Wildman–Crippen LogP) is 3.47. The Balaban J connectivity index is 2.78. The Morgan fingerprint density at radius 1 is 1.43 bits per heavy atom. The van der Waals surface area contributed by atoms with Gasteiger partial charge in [0.25, 0.3) is 0 Å². The summed E-state index contributed by atoms with van der Waals surface area (Å²) in [5.41, 5.74) is -0.217. The molecule has 0 aliphatic carbocycles. The molecule has 1 N–H and O–H groups in total. The molecule has 1 aromatic carbocycles. The lowest BCUT2D eigenvalue weighted by molar-refractivity contribution is 0.0686. The molecule has 21 heavy (non-hydrogen) atoms. The second-order valence-corrected chi connectivity index (χ2v) is 6.09. The summed E-state index contributed by atoms with van der Waals surface area (Å²) < 4.78 is 2.10. The van der Waals surface area contributed by atoms with Crippen molar-refractivity contribution in [2.45, 2.75) is 19.8 Å². The van der Waals surface area contributed by atoms with Gasteiger partial charge in [-0.05, 0) is 24.1 Å². The van der Waals surface area contributed by atoms with Crippen LogP contribution in [0.15, 0.2) is 33.7 Å². The van der Waals surface area contributed by atoms with Crippen LogP contribution in [0.25, 0.3) is 5.69 Å². The number of aromatic carboxylic acids is 1. The number of hydrogen-bond donors (Lipinski definition) is 1. The normalized spacial score (nSPS) is 10.9. The number of carboxylic acids is 1. The summed E-state index contributed by atoms with van der Waals surface area (Å²) in [7, 11) is 0. The van der Waals surface area contributed by atoms with Crippen molar-refractivity contribution >= 4 is 33.5 Å². The molecule has 0 spiro atoms. The fraction of sp³-hybridized carbons (Fsp3) is 0.214. The number of aromatic nitrogens is 2. The molecular formula is C14H12BrClN2O3. The summed E-state index contributed by atoms with van der Waals surface area (Å²) in [4.78, 5) is 23.3. The van der Waals surface area contributed by atoms with Gasteiger partial charge in [0, 0.05) is 16.2 Å². The first-order valence-corrected chi connectivity index (χ1v) is 7.31. The summed E-state index contributed by atoms with van der Waals surface area (Å²) in [6.07, 6.45) is 1.52. The predicted molar refractivity (Wildman–Crippen MR) is 83.6 cm³/mol. The summed E-state index contributed by atoms with van der Waals surface area (Å²) in [6.45, 7) is 3.63. The lowest BCUT2D eigenvalue weighted by Crippen LogP contribution is -2.25. The Hall–Kier alpha value is -1.66. The molecule has 5 nitrogen and oxygen atoms in total. The van der Waals surface area contributed by atoms with Crippen molar-refractivity contribution in [3.63, 3.8) is 0 Å². The summed E-state index contributed by atoms with van der Waals surface area (Å²) >= 11 is 9.45. The van der Waals surface area contributed by atoms with Crippen LogP contribution in [0.2, 0.25) is 5.02 Å². The van der Waals surface area contributed by atoms with Crippen molar-refractivity contribution in [2.24, 2.45) is 0 Å². The van der Waals surface area contributed by atoms with Gasteiger partial charge >= 0.3 is 5.97 Å². The molecule has 0 aliphatic rings. The van der Waals surface area contributed by atoms with Crippen LogP contribution in [0.3, 0.4) is 0 Å². The van der Waals surface area contributed by atoms with E-state index in [0.717, 1.165) is 4.47 Å². The first-order chi connectivity index (χ1) is 9.81. The number of nitrogens with zero attached hydrogens (tertiary/aromatic N) is 2. The van der Waals surface area contributed by atoms with Gasteiger partial charge in [0.05, 0.1) is 10.7 Å². The average Bonchev–Trinajstić information content (AvgIpc) is 2.41. The maximum Gasteiger partial charge on any atom is 0.360 e. The number of halogens is 2. The van der Waals surface area contributed by atoms with Gasteiger partial charge < -0.3 is 5.11 Å². The largest absolute Gasteiger partial charge is 0.476 e. The molecule has 0 atom stereocenters. The van der Waals surface area contributed by atoms with Crippen LogP contribution in [0.5, 0.6) is 0 Å². The van der Waals surface area contributed by atoms with Crippen molar-refractivity contribution in [3.8, 4) is 5.69 Å². The van der Waals surface area contributed by atoms with Crippen LogP contribution >= 0.6 is 27.5 Å². The highest BCUT2D eigenvalue weighted by molar-refractivity contribution is 9.10. The molecule has 110 valence electrons. The lowest BCUT2D eigenvalue weighted by atomic mass is 10.0. The second-order valence-electron chi connectivity index (χ2n) is 4.76. The SMILES string of the molecule is CC(C)c1cn(-c2cc(Br)ccc2Cl)nc(C(=O)O)c1=O. The van der Waals surface area contributed by atoms with E-state index in [4.69, 9.17) is 16.7 Å². The number of carboxylic acid groups (broad SMARTS) is 1. The minimum Gasteiger partial charge on any atom is -0.476 e. The van der Waals surface area contributed by atoms with E-state index in [1.165, 1.54) is 10.9 Å². The van der Waals surface area contributed by atoms with E-state index in [9.17, 15) is 9.59 Å². The second kappa shape index (κ2) is 5.99. The number of rotatable bonds is 3. The van der Waals surface area contributed by atoms with Gasteiger partial charge in [-0.3, -0.25) is 4.79 Å². The molecule has 1 aromatic heterocycles. The molecule has 0 amide bonds. The molecular weight excluding hydrogens is 360 g/mol. The van der Waals surface area contributed by atoms with Crippen LogP contribution in [0.4, 0.5) is 0 Å². The summed E-state index contributed by atoms with van der Waals surface area (Å²) in [5, 5.41) is 13.4. The molecule has 0 unspecified atom stereocenters. The smallest absolute Gasteiger partial charge is 0.360 e. The zero-order chi connectivity index (χ0) is 15.7. The Labute approximate surface area is 134 Å². The average molecular weight is 372 g/mol. The Morgan fingerprint density at radius 2 is 2.10 bits per heavy atom. The van der Waals surface area contributed by atoms with Crippen molar-refractivity contribution in [1.29, 1.82) is 0 Å². The molecule has 0 saturated heterocycles. The molecule has 0 bridgehead atoms. The zero-order valence-electron chi connectivity index (χ0n) is 11.3. The molecule has 0 fully saturated rings. The van der Waals surface area contributed by atoms with E-state index < -0.39 is 17.1 Å². The third-order valence-corrected chi connectivity index (χ3v) is 3.74. The highest BCUT2D eigenvalue weighted by atomic mass is 79.9. The third-order valence-electron chi connectivity index (χ3n) is 2.93. The number of carbonyl (C=O) groups is 1. The Kier molecular flexibility index (Phi) is 4.49. The van der Waals surface area contributed by atoms with Crippen molar-refractivity contribution in [1.82, 2.24) is 9.78 Å². The first-order valence-electron chi connectivity index (χ1n) is 6.14. The molecule has 0 radical (unpaired) electrons. The fourth-order valence-corrected chi connectivity index (χ4v) is 2.40. The van der Waals surface area contributed by atoms with Gasteiger partial charge in [-0.2, -0.15) is 5.10 Å². The van der Waals surface area contributed by atoms with Gasteiger partial charge in [0.1, 0.15) is 0 Å². The highest BCUT2D eigenvalue weighted by Gasteiger charge is 2.19. The Bertz CT molecular complexity index is 771. The Morgan fingerprint density at radius 3 is 2.67 bits per heavy atom. The standard InChI is InChI=1S/C14H12BrClN2O3/c1-7(2)9-6-18(17-12(13(9)19)14(20)21)11-5-8(15)3-4-10(11)16/h3-7H,1-2H3,(H,20,21). The van der Waals surface area contributed by atoms with Crippen LogP contribution in [0.1, 0.15) is 35.8 Å². The maximum atomic E-state index is 12.1. The number of benzene rings is 1. The first kappa shape index (κ1) is 15.7. The van der Waals surface area contributed by atoms with Crippen LogP contribution in [-0.4, -0.2) is 20.9 Å². The van der Waals surface area contributed by atoms with Crippen molar-refractivity contribution < 1.29 is 9.90 Å². The van der Waals surface area contributed by atoms with E-state index in [1.807, 2.05) is 13.8 Å². The van der Waals surface area contributed by atoms with Gasteiger partial charge in [-0.1, -0.05) is 41.4 Å². The van der Waals surface area contributed by atoms with Gasteiger partial charge in [0.2, 0.25) is 11.1 Å².